The molecule has 0 atom stereocenters. The van der Waals surface area contributed by atoms with E-state index in [4.69, 9.17) is 0 Å². The number of amides is 2. The number of benzene rings is 3. The highest BCUT2D eigenvalue weighted by Crippen LogP contribution is 2.30. The molecular weight excluding hydrogens is 418 g/mol. The zero-order valence-corrected chi connectivity index (χ0v) is 18.7. The number of carbonyl (C=O) groups excluding carboxylic acids is 2. The Morgan fingerprint density at radius 1 is 0.906 bits per heavy atom. The van der Waals surface area contributed by atoms with Gasteiger partial charge in [0.15, 0.2) is 0 Å². The Balaban J connectivity index is 1.39. The van der Waals surface area contributed by atoms with Crippen LogP contribution in [0.25, 0.3) is 10.9 Å². The molecule has 0 unspecified atom stereocenters. The average Bonchev–Trinajstić information content (AvgIpc) is 3.16. The number of nitrogens with zero attached hydrogens (tertiary/aromatic N) is 1. The lowest BCUT2D eigenvalue weighted by molar-refractivity contribution is -0.113. The Kier molecular flexibility index (Phi) is 6.92. The maximum Gasteiger partial charge on any atom is 0.251 e. The summed E-state index contributed by atoms with van der Waals surface area (Å²) < 4.78 is 2.13. The smallest absolute Gasteiger partial charge is 0.251 e. The molecule has 32 heavy (non-hydrogen) atoms. The number of hydrogen-bond donors (Lipinski definition) is 2. The van der Waals surface area contributed by atoms with E-state index < -0.39 is 0 Å². The SMILES string of the molecule is Cc1ccccc1C(=O)NCCn1cc(SCC(=O)Nc2ccccc2)c2ccccc21. The van der Waals surface area contributed by atoms with Gasteiger partial charge in [-0.2, -0.15) is 0 Å². The van der Waals surface area contributed by atoms with Gasteiger partial charge in [0, 0.05) is 46.3 Å². The molecule has 3 aromatic carbocycles. The molecule has 5 nitrogen and oxygen atoms in total. The molecule has 0 saturated heterocycles. The van der Waals surface area contributed by atoms with E-state index in [1.165, 1.54) is 11.8 Å². The first-order valence-electron chi connectivity index (χ1n) is 10.5. The minimum atomic E-state index is -0.0632. The van der Waals surface area contributed by atoms with Crippen LogP contribution in [0.15, 0.2) is 90.0 Å². The Bertz CT molecular complexity index is 1230. The topological polar surface area (TPSA) is 63.1 Å². The summed E-state index contributed by atoms with van der Waals surface area (Å²) in [4.78, 5) is 25.9. The highest BCUT2D eigenvalue weighted by molar-refractivity contribution is 8.00. The third kappa shape index (κ3) is 5.21. The number of rotatable bonds is 8. The number of para-hydroxylation sites is 2. The lowest BCUT2D eigenvalue weighted by Gasteiger charge is -2.09. The van der Waals surface area contributed by atoms with Crippen molar-refractivity contribution in [2.75, 3.05) is 17.6 Å². The molecule has 4 aromatic rings. The largest absolute Gasteiger partial charge is 0.350 e. The van der Waals surface area contributed by atoms with Gasteiger partial charge < -0.3 is 15.2 Å². The normalized spacial score (nSPS) is 10.8. The number of nitrogens with one attached hydrogen (secondary N) is 2. The summed E-state index contributed by atoms with van der Waals surface area (Å²) in [6.07, 6.45) is 2.06. The van der Waals surface area contributed by atoms with Gasteiger partial charge in [-0.25, -0.2) is 0 Å². The minimum Gasteiger partial charge on any atom is -0.350 e. The first kappa shape index (κ1) is 21.7. The second kappa shape index (κ2) is 10.2. The first-order valence-corrected chi connectivity index (χ1v) is 11.5. The molecule has 1 heterocycles. The maximum absolute atomic E-state index is 12.5. The molecule has 2 amide bonds. The molecule has 0 aliphatic heterocycles. The molecule has 4 rings (SSSR count). The first-order chi connectivity index (χ1) is 15.6. The zero-order chi connectivity index (χ0) is 22.3. The molecule has 162 valence electrons. The molecular formula is C26H25N3O2S. The van der Waals surface area contributed by atoms with Crippen molar-refractivity contribution in [3.8, 4) is 0 Å². The van der Waals surface area contributed by atoms with E-state index in [1.807, 2.05) is 73.7 Å². The van der Waals surface area contributed by atoms with E-state index in [1.54, 1.807) is 0 Å². The fourth-order valence-corrected chi connectivity index (χ4v) is 4.48. The zero-order valence-electron chi connectivity index (χ0n) is 17.9. The molecule has 0 fully saturated rings. The van der Waals surface area contributed by atoms with Gasteiger partial charge in [-0.05, 0) is 36.8 Å². The summed E-state index contributed by atoms with van der Waals surface area (Å²) >= 11 is 1.52. The summed E-state index contributed by atoms with van der Waals surface area (Å²) in [6.45, 7) is 3.10. The van der Waals surface area contributed by atoms with Crippen molar-refractivity contribution in [1.82, 2.24) is 9.88 Å². The predicted molar refractivity (Wildman–Crippen MR) is 131 cm³/mol. The van der Waals surface area contributed by atoms with Crippen LogP contribution in [0.4, 0.5) is 5.69 Å². The van der Waals surface area contributed by atoms with Gasteiger partial charge in [0.2, 0.25) is 5.91 Å². The molecule has 6 heteroatoms. The molecule has 0 radical (unpaired) electrons. The molecule has 0 aliphatic carbocycles. The lowest BCUT2D eigenvalue weighted by Crippen LogP contribution is -2.27. The van der Waals surface area contributed by atoms with Crippen molar-refractivity contribution >= 4 is 40.2 Å². The van der Waals surface area contributed by atoms with Gasteiger partial charge in [0.05, 0.1) is 5.75 Å². The van der Waals surface area contributed by atoms with Crippen LogP contribution in [0.5, 0.6) is 0 Å². The predicted octanol–water partition coefficient (Wildman–Crippen LogP) is 5.11. The van der Waals surface area contributed by atoms with Crippen molar-refractivity contribution in [2.45, 2.75) is 18.4 Å². The second-order valence-electron chi connectivity index (χ2n) is 7.48. The second-order valence-corrected chi connectivity index (χ2v) is 8.49. The number of hydrogen-bond acceptors (Lipinski definition) is 3. The number of aryl methyl sites for hydroxylation is 1. The Hall–Kier alpha value is -3.51. The highest BCUT2D eigenvalue weighted by atomic mass is 32.2. The van der Waals surface area contributed by atoms with Gasteiger partial charge in [-0.1, -0.05) is 54.6 Å². The van der Waals surface area contributed by atoms with Crippen molar-refractivity contribution in [1.29, 1.82) is 0 Å². The van der Waals surface area contributed by atoms with E-state index in [9.17, 15) is 9.59 Å². The molecule has 2 N–H and O–H groups in total. The third-order valence-electron chi connectivity index (χ3n) is 5.20. The summed E-state index contributed by atoms with van der Waals surface area (Å²) in [6, 6.07) is 25.2. The minimum absolute atomic E-state index is 0.0384. The Morgan fingerprint density at radius 2 is 1.62 bits per heavy atom. The fraction of sp³-hybridized carbons (Fsp3) is 0.154. The molecule has 0 bridgehead atoms. The molecule has 0 spiro atoms. The van der Waals surface area contributed by atoms with Crippen LogP contribution in [0.1, 0.15) is 15.9 Å². The van der Waals surface area contributed by atoms with E-state index in [0.29, 0.717) is 24.4 Å². The van der Waals surface area contributed by atoms with Gasteiger partial charge in [-0.3, -0.25) is 9.59 Å². The number of aromatic nitrogens is 1. The molecule has 0 saturated carbocycles. The summed E-state index contributed by atoms with van der Waals surface area (Å²) in [7, 11) is 0. The van der Waals surface area contributed by atoms with Crippen LogP contribution in [0, 0.1) is 6.92 Å². The number of carbonyl (C=O) groups is 2. The number of anilines is 1. The van der Waals surface area contributed by atoms with Gasteiger partial charge in [-0.15, -0.1) is 11.8 Å². The highest BCUT2D eigenvalue weighted by Gasteiger charge is 2.12. The van der Waals surface area contributed by atoms with Gasteiger partial charge in [0.25, 0.3) is 5.91 Å². The molecule has 0 aliphatic rings. The van der Waals surface area contributed by atoms with Crippen LogP contribution >= 0.6 is 11.8 Å². The maximum atomic E-state index is 12.5. The van der Waals surface area contributed by atoms with Crippen molar-refractivity contribution in [3.05, 3.63) is 96.2 Å². The van der Waals surface area contributed by atoms with E-state index in [0.717, 1.165) is 27.0 Å². The number of thioether (sulfide) groups is 1. The van der Waals surface area contributed by atoms with Crippen LogP contribution in [0.3, 0.4) is 0 Å². The van der Waals surface area contributed by atoms with Crippen LogP contribution in [-0.4, -0.2) is 28.7 Å². The van der Waals surface area contributed by atoms with Gasteiger partial charge in [0.1, 0.15) is 0 Å². The summed E-state index contributed by atoms with van der Waals surface area (Å²) in [5, 5.41) is 7.04. The van der Waals surface area contributed by atoms with Crippen LogP contribution in [0.2, 0.25) is 0 Å². The third-order valence-corrected chi connectivity index (χ3v) is 6.24. The average molecular weight is 444 g/mol. The summed E-state index contributed by atoms with van der Waals surface area (Å²) in [5.74, 6) is 0.225. The van der Waals surface area contributed by atoms with Crippen LogP contribution in [-0.2, 0) is 11.3 Å². The van der Waals surface area contributed by atoms with Crippen molar-refractivity contribution < 1.29 is 9.59 Å². The van der Waals surface area contributed by atoms with E-state index in [2.05, 4.69) is 33.5 Å². The molecule has 1 aromatic heterocycles. The Morgan fingerprint density at radius 3 is 2.44 bits per heavy atom. The standard InChI is InChI=1S/C26H25N3O2S/c1-19-9-5-6-12-21(19)26(31)27-15-16-29-17-24(22-13-7-8-14-23(22)29)32-18-25(30)28-20-10-3-2-4-11-20/h2-14,17H,15-16,18H2,1H3,(H,27,31)(H,28,30). The number of fused-ring (bicyclic) bond motifs is 1. The van der Waals surface area contributed by atoms with E-state index in [-0.39, 0.29) is 11.8 Å². The lowest BCUT2D eigenvalue weighted by atomic mass is 10.1. The van der Waals surface area contributed by atoms with Crippen molar-refractivity contribution in [2.24, 2.45) is 0 Å². The fourth-order valence-electron chi connectivity index (χ4n) is 3.59. The van der Waals surface area contributed by atoms with Gasteiger partial charge >= 0.3 is 0 Å². The quantitative estimate of drug-likeness (QED) is 0.372. The van der Waals surface area contributed by atoms with E-state index >= 15 is 0 Å². The monoisotopic (exact) mass is 443 g/mol. The summed E-state index contributed by atoms with van der Waals surface area (Å²) in [5.41, 5.74) is 3.54. The van der Waals surface area contributed by atoms with Crippen LogP contribution < -0.4 is 10.6 Å². The Labute approximate surface area is 191 Å². The van der Waals surface area contributed by atoms with Crippen molar-refractivity contribution in [3.63, 3.8) is 0 Å².